The lowest BCUT2D eigenvalue weighted by molar-refractivity contribution is 0.487. The van der Waals surface area contributed by atoms with Gasteiger partial charge in [-0.3, -0.25) is 0 Å². The van der Waals surface area contributed by atoms with Crippen LogP contribution in [0, 0.1) is 0 Å². The number of hydrogen-bond donors (Lipinski definition) is 0. The van der Waals surface area contributed by atoms with Crippen LogP contribution in [0.25, 0.3) is 66.1 Å². The van der Waals surface area contributed by atoms with Crippen molar-refractivity contribution in [2.24, 2.45) is 0 Å². The average Bonchev–Trinajstić information content (AvgIpc) is 3.13. The van der Waals surface area contributed by atoms with Gasteiger partial charge in [0.05, 0.1) is 0 Å². The monoisotopic (exact) mass is 628 g/mol. The van der Waals surface area contributed by atoms with E-state index in [1.165, 1.54) is 115 Å². The molecule has 0 fully saturated rings. The molecular formula is C38H35B11O. The molecule has 50 heavy (non-hydrogen) atoms. The molecule has 226 valence electrons. The Bertz CT molecular complexity index is 2600. The Morgan fingerprint density at radius 2 is 0.860 bits per heavy atom. The third-order valence-corrected chi connectivity index (χ3v) is 12.6. The fourth-order valence-electron chi connectivity index (χ4n) is 9.00. The number of hydrogen-bond acceptors (Lipinski definition) is 1. The van der Waals surface area contributed by atoms with Crippen molar-refractivity contribution >= 4 is 168 Å². The van der Waals surface area contributed by atoms with E-state index < -0.39 is 0 Å². The molecule has 7 aromatic rings. The van der Waals surface area contributed by atoms with Crippen molar-refractivity contribution in [1.29, 1.82) is 0 Å². The lowest BCUT2D eigenvalue weighted by Gasteiger charge is -2.29. The van der Waals surface area contributed by atoms with Gasteiger partial charge < -0.3 is 4.74 Å². The van der Waals surface area contributed by atoms with Crippen molar-refractivity contribution in [3.8, 4) is 56.0 Å². The molecule has 0 atom stereocenters. The first kappa shape index (κ1) is 32.8. The molecule has 0 bridgehead atoms. The van der Waals surface area contributed by atoms with Gasteiger partial charge in [0.2, 0.25) is 0 Å². The van der Waals surface area contributed by atoms with Crippen molar-refractivity contribution in [1.82, 2.24) is 0 Å². The van der Waals surface area contributed by atoms with Crippen LogP contribution < -0.4 is 64.8 Å². The second kappa shape index (κ2) is 11.8. The second-order valence-electron chi connectivity index (χ2n) is 14.8. The summed E-state index contributed by atoms with van der Waals surface area (Å²) in [5.74, 6) is 1.83. The Balaban J connectivity index is 1.36. The van der Waals surface area contributed by atoms with Gasteiger partial charge in [-0.1, -0.05) is 104 Å². The molecule has 7 aromatic carbocycles. The molecule has 0 radical (unpaired) electrons. The Hall–Kier alpha value is -4.43. The van der Waals surface area contributed by atoms with Crippen LogP contribution in [-0.4, -0.2) is 86.3 Å². The maximum atomic E-state index is 6.70. The number of rotatable bonds is 3. The smallest absolute Gasteiger partial charge is 0.139 e. The van der Waals surface area contributed by atoms with E-state index in [4.69, 9.17) is 4.74 Å². The van der Waals surface area contributed by atoms with Gasteiger partial charge in [-0.25, -0.2) is 0 Å². The van der Waals surface area contributed by atoms with Gasteiger partial charge in [-0.05, 0) is 73.3 Å². The molecule has 0 aliphatic carbocycles. The largest absolute Gasteiger partial charge is 0.456 e. The van der Waals surface area contributed by atoms with Gasteiger partial charge in [0, 0.05) is 10.9 Å². The number of benzene rings is 7. The Morgan fingerprint density at radius 3 is 1.52 bits per heavy atom. The molecule has 1 aliphatic rings. The minimum Gasteiger partial charge on any atom is -0.456 e. The molecule has 1 nitrogen and oxygen atoms in total. The molecule has 0 aromatic heterocycles. The third-order valence-electron chi connectivity index (χ3n) is 12.6. The molecule has 0 saturated carbocycles. The summed E-state index contributed by atoms with van der Waals surface area (Å²) in [5.41, 5.74) is 25.4. The zero-order valence-corrected chi connectivity index (χ0v) is 31.4. The van der Waals surface area contributed by atoms with Gasteiger partial charge in [0.1, 0.15) is 97.8 Å². The Kier molecular flexibility index (Phi) is 7.75. The van der Waals surface area contributed by atoms with Gasteiger partial charge in [0.25, 0.3) is 0 Å². The summed E-state index contributed by atoms with van der Waals surface area (Å²) in [7, 11) is 25.6. The Labute approximate surface area is 306 Å². The summed E-state index contributed by atoms with van der Waals surface area (Å²) in [6.07, 6.45) is 0. The minimum atomic E-state index is 0.912. The minimum absolute atomic E-state index is 0.912. The average molecular weight is 627 g/mol. The van der Waals surface area contributed by atoms with Crippen LogP contribution in [0.3, 0.4) is 0 Å². The van der Waals surface area contributed by atoms with Crippen LogP contribution in [0.5, 0.6) is 11.5 Å². The zero-order valence-electron chi connectivity index (χ0n) is 31.4. The van der Waals surface area contributed by atoms with Gasteiger partial charge in [0.15, 0.2) is 0 Å². The highest BCUT2D eigenvalue weighted by atomic mass is 16.5. The van der Waals surface area contributed by atoms with E-state index in [0.717, 1.165) is 22.6 Å². The first-order chi connectivity index (χ1) is 23.9. The van der Waals surface area contributed by atoms with Gasteiger partial charge in [-0.15, -0.1) is 16.4 Å². The molecule has 0 unspecified atom stereocenters. The topological polar surface area (TPSA) is 9.23 Å². The first-order valence-electron chi connectivity index (χ1n) is 18.0. The van der Waals surface area contributed by atoms with E-state index in [1.54, 1.807) is 0 Å². The van der Waals surface area contributed by atoms with Gasteiger partial charge in [-0.2, -0.15) is 0 Å². The Morgan fingerprint density at radius 1 is 0.320 bits per heavy atom. The van der Waals surface area contributed by atoms with Crippen LogP contribution >= 0.6 is 0 Å². The fraction of sp³-hybridized carbons (Fsp3) is 0. The van der Waals surface area contributed by atoms with E-state index >= 15 is 0 Å². The lowest BCUT2D eigenvalue weighted by atomic mass is 9.56. The van der Waals surface area contributed by atoms with E-state index in [2.05, 4.69) is 165 Å². The molecule has 1 heterocycles. The van der Waals surface area contributed by atoms with Crippen LogP contribution in [0.1, 0.15) is 0 Å². The van der Waals surface area contributed by atoms with Crippen LogP contribution in [0.15, 0.2) is 78.9 Å². The van der Waals surface area contributed by atoms with Crippen molar-refractivity contribution < 1.29 is 4.74 Å². The van der Waals surface area contributed by atoms with Crippen molar-refractivity contribution in [2.75, 3.05) is 0 Å². The number of ether oxygens (including phenoxy) is 1. The first-order valence-corrected chi connectivity index (χ1v) is 18.0. The zero-order chi connectivity index (χ0) is 35.3. The molecule has 12 heteroatoms. The molecule has 0 saturated heterocycles. The van der Waals surface area contributed by atoms with Gasteiger partial charge >= 0.3 is 0 Å². The standard InChI is InChI=1S/C38H35B11O/c39-28-23(29(40)33(44)26(32(28)43)24-25-27(34(45)36(47)30(24)41)35(46)38(49)37(48)31(25)42)19-12-11-18-16-10-9-15(14-5-2-1-3-6-14)13-21(16)50-20-8-4-7-17(19)22(18)20/h1-13H,39-49H2. The second-order valence-corrected chi connectivity index (χ2v) is 14.8. The van der Waals surface area contributed by atoms with Crippen molar-refractivity contribution in [3.05, 3.63) is 78.9 Å². The maximum Gasteiger partial charge on any atom is 0.139 e. The lowest BCUT2D eigenvalue weighted by Crippen LogP contribution is -2.53. The summed E-state index contributed by atoms with van der Waals surface area (Å²) in [5, 5.41) is 5.29. The highest BCUT2D eigenvalue weighted by molar-refractivity contribution is 6.73. The highest BCUT2D eigenvalue weighted by Crippen LogP contribution is 2.49. The molecule has 0 amide bonds. The summed E-state index contributed by atoms with van der Waals surface area (Å²) in [6, 6.07) is 28.4. The van der Waals surface area contributed by atoms with Crippen LogP contribution in [-0.2, 0) is 0 Å². The molecule has 1 aliphatic heterocycles. The summed E-state index contributed by atoms with van der Waals surface area (Å²) in [6.45, 7) is 0. The summed E-state index contributed by atoms with van der Waals surface area (Å²) < 4.78 is 6.70. The summed E-state index contributed by atoms with van der Waals surface area (Å²) >= 11 is 0. The summed E-state index contributed by atoms with van der Waals surface area (Å²) in [4.78, 5) is 0. The normalized spacial score (nSPS) is 11.8. The maximum absolute atomic E-state index is 6.70. The van der Waals surface area contributed by atoms with E-state index in [-0.39, 0.29) is 0 Å². The highest BCUT2D eigenvalue weighted by Gasteiger charge is 2.26. The van der Waals surface area contributed by atoms with E-state index in [0.29, 0.717) is 0 Å². The third kappa shape index (κ3) is 4.56. The fourth-order valence-corrected chi connectivity index (χ4v) is 9.00. The quantitative estimate of drug-likeness (QED) is 0.177. The molecule has 0 spiro atoms. The molecule has 0 N–H and O–H groups in total. The predicted octanol–water partition coefficient (Wildman–Crippen LogP) is -8.39. The molecule has 8 rings (SSSR count). The predicted molar refractivity (Wildman–Crippen MR) is 253 cm³/mol. The van der Waals surface area contributed by atoms with Crippen molar-refractivity contribution in [3.63, 3.8) is 0 Å². The van der Waals surface area contributed by atoms with E-state index in [1.807, 2.05) is 0 Å². The number of fused-ring (bicyclic) bond motifs is 3. The SMILES string of the molecule is Bc1c(B)c(-c2c(B)c(B)c(B)c3c(B)c(B)c(B)c(B)c23)c(B)c(B)c1-c1ccc2c3c(cccc13)Oc1cc(-c3ccccc3)ccc1-2. The van der Waals surface area contributed by atoms with Crippen LogP contribution in [0.4, 0.5) is 0 Å². The van der Waals surface area contributed by atoms with Crippen molar-refractivity contribution in [2.45, 2.75) is 0 Å². The van der Waals surface area contributed by atoms with E-state index in [9.17, 15) is 0 Å². The van der Waals surface area contributed by atoms with Crippen LogP contribution in [0.2, 0.25) is 0 Å². The molecular weight excluding hydrogens is 591 g/mol.